The molecule has 0 bridgehead atoms. The van der Waals surface area contributed by atoms with Crippen molar-refractivity contribution in [3.63, 3.8) is 0 Å². The van der Waals surface area contributed by atoms with Crippen LogP contribution in [0, 0.1) is 24.5 Å². The standard InChI is InChI=1S/C26H24F2N4O2S/c1-16-13-20(8-9-21(16)28)29-24(33)18-3-2-11-31(15-18)26-30-22-10-12-35-23(22)25(34)32(26)14-17-4-6-19(27)7-5-17/h4-10,12-13,18H,2-3,11,14-15H2,1H3,(H,29,33)/t18-/m0/s1. The van der Waals surface area contributed by atoms with Crippen LogP contribution in [-0.2, 0) is 11.3 Å². The van der Waals surface area contributed by atoms with Crippen LogP contribution in [0.25, 0.3) is 10.2 Å². The van der Waals surface area contributed by atoms with Gasteiger partial charge in [0.1, 0.15) is 16.3 Å². The highest BCUT2D eigenvalue weighted by Gasteiger charge is 2.29. The Hall–Kier alpha value is -3.59. The van der Waals surface area contributed by atoms with Crippen molar-refractivity contribution in [3.8, 4) is 0 Å². The number of hydrogen-bond donors (Lipinski definition) is 1. The van der Waals surface area contributed by atoms with Crippen molar-refractivity contribution in [3.05, 3.63) is 87.0 Å². The predicted octanol–water partition coefficient (Wildman–Crippen LogP) is 4.95. The van der Waals surface area contributed by atoms with Gasteiger partial charge in [-0.05, 0) is 72.7 Å². The Morgan fingerprint density at radius 3 is 2.74 bits per heavy atom. The maximum Gasteiger partial charge on any atom is 0.273 e. The van der Waals surface area contributed by atoms with E-state index < -0.39 is 0 Å². The van der Waals surface area contributed by atoms with Crippen LogP contribution in [0.3, 0.4) is 0 Å². The van der Waals surface area contributed by atoms with Gasteiger partial charge in [-0.15, -0.1) is 11.3 Å². The van der Waals surface area contributed by atoms with Crippen LogP contribution in [0.5, 0.6) is 0 Å². The average Bonchev–Trinajstić information content (AvgIpc) is 3.33. The third kappa shape index (κ3) is 4.81. The normalized spacial score (nSPS) is 16.0. The average molecular weight is 495 g/mol. The molecular weight excluding hydrogens is 470 g/mol. The summed E-state index contributed by atoms with van der Waals surface area (Å²) >= 11 is 1.34. The molecule has 4 aromatic rings. The number of amides is 1. The number of aryl methyl sites for hydroxylation is 1. The minimum absolute atomic E-state index is 0.148. The first-order valence-corrected chi connectivity index (χ1v) is 12.3. The third-order valence-electron chi connectivity index (χ3n) is 6.30. The third-order valence-corrected chi connectivity index (χ3v) is 7.19. The van der Waals surface area contributed by atoms with Crippen molar-refractivity contribution >= 4 is 39.1 Å². The minimum atomic E-state index is -0.339. The van der Waals surface area contributed by atoms with E-state index in [0.717, 1.165) is 12.0 Å². The molecule has 1 amide bonds. The molecule has 1 aliphatic rings. The van der Waals surface area contributed by atoms with E-state index in [2.05, 4.69) is 5.32 Å². The molecule has 2 aromatic carbocycles. The lowest BCUT2D eigenvalue weighted by Crippen LogP contribution is -2.43. The smallest absolute Gasteiger partial charge is 0.273 e. The molecular formula is C26H24F2N4O2S. The van der Waals surface area contributed by atoms with Gasteiger partial charge >= 0.3 is 0 Å². The molecule has 1 aliphatic heterocycles. The van der Waals surface area contributed by atoms with E-state index in [9.17, 15) is 18.4 Å². The molecule has 0 saturated carbocycles. The number of nitrogens with one attached hydrogen (secondary N) is 1. The van der Waals surface area contributed by atoms with Gasteiger partial charge in [-0.3, -0.25) is 14.2 Å². The Balaban J connectivity index is 1.43. The lowest BCUT2D eigenvalue weighted by molar-refractivity contribution is -0.120. The van der Waals surface area contributed by atoms with Gasteiger partial charge in [0, 0.05) is 18.8 Å². The maximum absolute atomic E-state index is 13.6. The van der Waals surface area contributed by atoms with Crippen LogP contribution in [0.1, 0.15) is 24.0 Å². The number of thiophene rings is 1. The van der Waals surface area contributed by atoms with E-state index in [1.807, 2.05) is 16.3 Å². The van der Waals surface area contributed by atoms with Crippen molar-refractivity contribution in [2.24, 2.45) is 5.92 Å². The lowest BCUT2D eigenvalue weighted by atomic mass is 9.97. The maximum atomic E-state index is 13.6. The van der Waals surface area contributed by atoms with E-state index in [1.54, 1.807) is 35.8 Å². The van der Waals surface area contributed by atoms with Gasteiger partial charge in [-0.2, -0.15) is 0 Å². The van der Waals surface area contributed by atoms with E-state index in [0.29, 0.717) is 46.9 Å². The van der Waals surface area contributed by atoms with Crippen LogP contribution < -0.4 is 15.8 Å². The number of fused-ring (bicyclic) bond motifs is 1. The molecule has 9 heteroatoms. The van der Waals surface area contributed by atoms with Gasteiger partial charge in [0.05, 0.1) is 18.0 Å². The Morgan fingerprint density at radius 2 is 1.97 bits per heavy atom. The van der Waals surface area contributed by atoms with E-state index >= 15 is 0 Å². The molecule has 0 unspecified atom stereocenters. The first kappa shape index (κ1) is 23.2. The van der Waals surface area contributed by atoms with Gasteiger partial charge in [-0.1, -0.05) is 12.1 Å². The molecule has 1 fully saturated rings. The van der Waals surface area contributed by atoms with Gasteiger partial charge in [-0.25, -0.2) is 13.8 Å². The highest BCUT2D eigenvalue weighted by atomic mass is 32.1. The summed E-state index contributed by atoms with van der Waals surface area (Å²) in [5.74, 6) is -0.621. The number of anilines is 2. The Bertz CT molecular complexity index is 1450. The number of benzene rings is 2. The molecule has 180 valence electrons. The molecule has 1 saturated heterocycles. The van der Waals surface area contributed by atoms with Crippen LogP contribution in [0.15, 0.2) is 58.7 Å². The number of halogens is 2. The molecule has 0 spiro atoms. The molecule has 2 aromatic heterocycles. The summed E-state index contributed by atoms with van der Waals surface area (Å²) in [5.41, 5.74) is 2.27. The zero-order chi connectivity index (χ0) is 24.5. The van der Waals surface area contributed by atoms with Crippen LogP contribution >= 0.6 is 11.3 Å². The molecule has 0 radical (unpaired) electrons. The predicted molar refractivity (Wildman–Crippen MR) is 134 cm³/mol. The highest BCUT2D eigenvalue weighted by Crippen LogP contribution is 2.26. The minimum Gasteiger partial charge on any atom is -0.341 e. The van der Waals surface area contributed by atoms with E-state index in [4.69, 9.17) is 4.98 Å². The molecule has 1 N–H and O–H groups in total. The van der Waals surface area contributed by atoms with Gasteiger partial charge in [0.15, 0.2) is 0 Å². The topological polar surface area (TPSA) is 67.2 Å². The molecule has 3 heterocycles. The summed E-state index contributed by atoms with van der Waals surface area (Å²) in [6.07, 6.45) is 1.46. The molecule has 1 atom stereocenters. The highest BCUT2D eigenvalue weighted by molar-refractivity contribution is 7.17. The first-order valence-electron chi connectivity index (χ1n) is 11.4. The summed E-state index contributed by atoms with van der Waals surface area (Å²) in [5, 5.41) is 4.73. The fourth-order valence-electron chi connectivity index (χ4n) is 4.43. The molecule has 35 heavy (non-hydrogen) atoms. The number of hydrogen-bond acceptors (Lipinski definition) is 5. The van der Waals surface area contributed by atoms with Crippen molar-refractivity contribution in [2.45, 2.75) is 26.3 Å². The first-order chi connectivity index (χ1) is 16.9. The number of carbonyl (C=O) groups is 1. The van der Waals surface area contributed by atoms with Gasteiger partial charge in [0.25, 0.3) is 5.56 Å². The van der Waals surface area contributed by atoms with Gasteiger partial charge < -0.3 is 10.2 Å². The van der Waals surface area contributed by atoms with E-state index in [-0.39, 0.29) is 35.6 Å². The van der Waals surface area contributed by atoms with Crippen molar-refractivity contribution in [2.75, 3.05) is 23.3 Å². The Kier molecular flexibility index (Phi) is 6.34. The van der Waals surface area contributed by atoms with Crippen LogP contribution in [-0.4, -0.2) is 28.5 Å². The number of piperidine rings is 1. The second-order valence-corrected chi connectivity index (χ2v) is 9.72. The van der Waals surface area contributed by atoms with Crippen LogP contribution in [0.4, 0.5) is 20.4 Å². The number of carbonyl (C=O) groups excluding carboxylic acids is 1. The number of nitrogens with zero attached hydrogens (tertiary/aromatic N) is 3. The van der Waals surface area contributed by atoms with Crippen molar-refractivity contribution in [1.29, 1.82) is 0 Å². The molecule has 5 rings (SSSR count). The summed E-state index contributed by atoms with van der Waals surface area (Å²) in [6, 6.07) is 12.4. The van der Waals surface area contributed by atoms with Gasteiger partial charge in [0.2, 0.25) is 11.9 Å². The zero-order valence-corrected chi connectivity index (χ0v) is 19.9. The summed E-state index contributed by atoms with van der Waals surface area (Å²) in [6.45, 7) is 2.96. The second-order valence-electron chi connectivity index (χ2n) is 8.80. The Labute approximate surface area is 204 Å². The number of aromatic nitrogens is 2. The summed E-state index contributed by atoms with van der Waals surface area (Å²) < 4.78 is 29.2. The SMILES string of the molecule is Cc1cc(NC(=O)[C@H]2CCCN(c3nc4ccsc4c(=O)n3Cc3ccc(F)cc3)C2)ccc1F. The molecule has 0 aliphatic carbocycles. The summed E-state index contributed by atoms with van der Waals surface area (Å²) in [7, 11) is 0. The second kappa shape index (κ2) is 9.58. The fourth-order valence-corrected chi connectivity index (χ4v) is 5.21. The number of rotatable bonds is 5. The lowest BCUT2D eigenvalue weighted by Gasteiger charge is -2.34. The molecule has 6 nitrogen and oxygen atoms in total. The fraction of sp³-hybridized carbons (Fsp3) is 0.269. The summed E-state index contributed by atoms with van der Waals surface area (Å²) in [4.78, 5) is 33.2. The van der Waals surface area contributed by atoms with E-state index in [1.165, 1.54) is 29.5 Å². The monoisotopic (exact) mass is 494 g/mol. The van der Waals surface area contributed by atoms with Crippen molar-refractivity contribution in [1.82, 2.24) is 9.55 Å². The van der Waals surface area contributed by atoms with Crippen LogP contribution in [0.2, 0.25) is 0 Å². The van der Waals surface area contributed by atoms with Crippen molar-refractivity contribution < 1.29 is 13.6 Å². The zero-order valence-electron chi connectivity index (χ0n) is 19.1. The Morgan fingerprint density at radius 1 is 1.17 bits per heavy atom. The quantitative estimate of drug-likeness (QED) is 0.427. The largest absolute Gasteiger partial charge is 0.341 e.